The van der Waals surface area contributed by atoms with Crippen molar-refractivity contribution in [2.24, 2.45) is 0 Å². The molecule has 0 unspecified atom stereocenters. The number of terminal acetylenes is 1. The van der Waals surface area contributed by atoms with Gasteiger partial charge in [0.25, 0.3) is 0 Å². The maximum atomic E-state index is 8.48. The molecule has 4 heterocycles. The summed E-state index contributed by atoms with van der Waals surface area (Å²) < 4.78 is 5.08. The van der Waals surface area contributed by atoms with E-state index in [1.807, 2.05) is 54.7 Å². The second kappa shape index (κ2) is 24.3. The molecule has 0 radical (unpaired) electrons. The summed E-state index contributed by atoms with van der Waals surface area (Å²) in [5.74, 6) is 5.38. The highest BCUT2D eigenvalue weighted by Gasteiger charge is 2.12. The van der Waals surface area contributed by atoms with E-state index in [9.17, 15) is 0 Å². The number of benzene rings is 1. The highest BCUT2D eigenvalue weighted by atomic mass is 35.5. The van der Waals surface area contributed by atoms with E-state index in [2.05, 4.69) is 133 Å². The first-order chi connectivity index (χ1) is 25.4. The topological polar surface area (TPSA) is 84.6 Å². The van der Waals surface area contributed by atoms with Crippen molar-refractivity contribution in [2.45, 2.75) is 112 Å². The number of halogens is 1. The third-order valence-electron chi connectivity index (χ3n) is 7.88. The number of pyridine rings is 4. The highest BCUT2D eigenvalue weighted by Crippen LogP contribution is 2.24. The first-order valence-electron chi connectivity index (χ1n) is 18.4. The molecule has 0 fully saturated rings. The van der Waals surface area contributed by atoms with Gasteiger partial charge in [-0.15, -0.1) is 6.42 Å². The number of nitriles is 1. The Kier molecular flexibility index (Phi) is 21.1. The normalized spacial score (nSPS) is 10.3. The van der Waals surface area contributed by atoms with Crippen molar-refractivity contribution in [2.75, 3.05) is 7.11 Å². The van der Waals surface area contributed by atoms with Gasteiger partial charge < -0.3 is 4.74 Å². The molecule has 6 nitrogen and oxygen atoms in total. The summed E-state index contributed by atoms with van der Waals surface area (Å²) in [5, 5.41) is 9.18. The van der Waals surface area contributed by atoms with Crippen molar-refractivity contribution >= 4 is 11.6 Å². The monoisotopic (exact) mass is 745 g/mol. The number of ether oxygens (including phenoxy) is 1. The minimum Gasteiger partial charge on any atom is -0.497 e. The zero-order valence-electron chi connectivity index (χ0n) is 34.6. The Morgan fingerprint density at radius 2 is 1.00 bits per heavy atom. The van der Waals surface area contributed by atoms with E-state index in [1.54, 1.807) is 31.8 Å². The van der Waals surface area contributed by atoms with E-state index in [0.717, 1.165) is 28.4 Å². The lowest BCUT2D eigenvalue weighted by molar-refractivity contribution is 0.414. The van der Waals surface area contributed by atoms with Gasteiger partial charge in [0.05, 0.1) is 17.7 Å². The standard InChI is InChI=1S/C11H16O.C10H11N.C9H10N2.C9H13N.C8H10ClN/c1-11(2,3)9-5-7-10(12-4)8-6-9;1-4-9-5-6-10(8(2)3)11-7-9;1-7(2)9-4-3-8(5-10)6-11-9;1-7(2)9-5-4-8(3)6-10-9;1-6(2)8-4-3-7(9)5-10-8/h5-8H,1-4H3;1,5-8H,2-3H3;3-4,6-7H,1-2H3;4-7H,1-3H3;3-6H,1-2H3. The van der Waals surface area contributed by atoms with E-state index in [0.29, 0.717) is 34.3 Å². The predicted molar refractivity (Wildman–Crippen MR) is 227 cm³/mol. The molecule has 0 aliphatic carbocycles. The van der Waals surface area contributed by atoms with Gasteiger partial charge >= 0.3 is 0 Å². The Labute approximate surface area is 331 Å². The van der Waals surface area contributed by atoms with Gasteiger partial charge in [-0.1, -0.05) is 112 Å². The van der Waals surface area contributed by atoms with Crippen LogP contribution in [0, 0.1) is 30.6 Å². The molecule has 0 spiro atoms. The summed E-state index contributed by atoms with van der Waals surface area (Å²) in [6.07, 6.45) is 12.1. The SMILES string of the molecule is C#Cc1ccc(C(C)C)nc1.CC(C)c1ccc(C#N)cn1.CC(C)c1ccc(Cl)cn1.COc1ccc(C(C)(C)C)cc1.Cc1ccc(C(C)C)nc1. The van der Waals surface area contributed by atoms with Crippen LogP contribution in [0.5, 0.6) is 5.75 Å². The molecular formula is C47H60ClN5O. The van der Waals surface area contributed by atoms with Gasteiger partial charge in [-0.2, -0.15) is 5.26 Å². The largest absolute Gasteiger partial charge is 0.497 e. The second-order valence-electron chi connectivity index (χ2n) is 15.0. The summed E-state index contributed by atoms with van der Waals surface area (Å²) in [5.41, 5.74) is 8.63. The third-order valence-corrected chi connectivity index (χ3v) is 8.10. The van der Waals surface area contributed by atoms with Crippen molar-refractivity contribution in [1.82, 2.24) is 19.9 Å². The molecule has 7 heteroatoms. The zero-order chi connectivity index (χ0) is 40.8. The van der Waals surface area contributed by atoms with Crippen molar-refractivity contribution in [3.8, 4) is 24.2 Å². The smallest absolute Gasteiger partial charge is 0.118 e. The Hall–Kier alpha value is -5.04. The van der Waals surface area contributed by atoms with Gasteiger partial charge in [-0.3, -0.25) is 19.9 Å². The number of aryl methyl sites for hydroxylation is 1. The number of methoxy groups -OCH3 is 1. The minimum absolute atomic E-state index is 0.228. The molecule has 0 bridgehead atoms. The number of hydrogen-bond donors (Lipinski definition) is 0. The van der Waals surface area contributed by atoms with Crippen LogP contribution in [0.1, 0.15) is 145 Å². The lowest BCUT2D eigenvalue weighted by atomic mass is 9.87. The average Bonchev–Trinajstić information content (AvgIpc) is 3.16. The van der Waals surface area contributed by atoms with Crippen molar-refractivity contribution in [1.29, 1.82) is 5.26 Å². The molecule has 0 aliphatic rings. The number of hydrogen-bond acceptors (Lipinski definition) is 6. The average molecular weight is 746 g/mol. The molecule has 0 amide bonds. The molecule has 0 saturated heterocycles. The van der Waals surface area contributed by atoms with Crippen LogP contribution in [-0.2, 0) is 5.41 Å². The summed E-state index contributed by atoms with van der Waals surface area (Å²) in [4.78, 5) is 16.8. The van der Waals surface area contributed by atoms with E-state index in [1.165, 1.54) is 16.8 Å². The zero-order valence-corrected chi connectivity index (χ0v) is 35.4. The van der Waals surface area contributed by atoms with Gasteiger partial charge in [0.1, 0.15) is 11.8 Å². The third kappa shape index (κ3) is 18.6. The molecule has 4 aromatic heterocycles. The molecule has 1 aromatic carbocycles. The molecule has 286 valence electrons. The predicted octanol–water partition coefficient (Wildman–Crippen LogP) is 12.6. The van der Waals surface area contributed by atoms with Crippen LogP contribution in [0.3, 0.4) is 0 Å². The van der Waals surface area contributed by atoms with Crippen LogP contribution in [0.25, 0.3) is 0 Å². The molecule has 0 saturated carbocycles. The van der Waals surface area contributed by atoms with Crippen LogP contribution >= 0.6 is 11.6 Å². The minimum atomic E-state index is 0.228. The molecule has 0 atom stereocenters. The molecular weight excluding hydrogens is 686 g/mol. The summed E-state index contributed by atoms with van der Waals surface area (Å²) >= 11 is 5.65. The quantitative estimate of drug-likeness (QED) is 0.167. The molecule has 5 aromatic rings. The Morgan fingerprint density at radius 1 is 0.593 bits per heavy atom. The van der Waals surface area contributed by atoms with Crippen molar-refractivity contribution in [3.63, 3.8) is 0 Å². The van der Waals surface area contributed by atoms with Crippen LogP contribution < -0.4 is 4.74 Å². The van der Waals surface area contributed by atoms with Gasteiger partial charge in [0.15, 0.2) is 0 Å². The van der Waals surface area contributed by atoms with Gasteiger partial charge in [-0.25, -0.2) is 0 Å². The fourth-order valence-corrected chi connectivity index (χ4v) is 4.40. The van der Waals surface area contributed by atoms with E-state index in [4.69, 9.17) is 28.0 Å². The van der Waals surface area contributed by atoms with Crippen LogP contribution in [0.4, 0.5) is 0 Å². The molecule has 0 N–H and O–H groups in total. The number of aromatic nitrogens is 4. The Bertz CT molecular complexity index is 1720. The Morgan fingerprint density at radius 3 is 1.30 bits per heavy atom. The first kappa shape index (κ1) is 47.0. The van der Waals surface area contributed by atoms with E-state index in [-0.39, 0.29) is 5.41 Å². The second-order valence-corrected chi connectivity index (χ2v) is 15.4. The van der Waals surface area contributed by atoms with Gasteiger partial charge in [0, 0.05) is 53.1 Å². The van der Waals surface area contributed by atoms with Crippen molar-refractivity contribution in [3.05, 3.63) is 148 Å². The fourth-order valence-electron chi connectivity index (χ4n) is 4.29. The molecule has 0 aliphatic heterocycles. The highest BCUT2D eigenvalue weighted by molar-refractivity contribution is 6.30. The lowest BCUT2D eigenvalue weighted by Crippen LogP contribution is -2.10. The lowest BCUT2D eigenvalue weighted by Gasteiger charge is -2.18. The fraction of sp³-hybridized carbons (Fsp3) is 0.383. The number of nitrogens with zero attached hydrogens (tertiary/aromatic N) is 5. The molecule has 5 rings (SSSR count). The molecule has 54 heavy (non-hydrogen) atoms. The van der Waals surface area contributed by atoms with Crippen LogP contribution in [0.2, 0.25) is 5.02 Å². The van der Waals surface area contributed by atoms with Crippen molar-refractivity contribution < 1.29 is 4.74 Å². The van der Waals surface area contributed by atoms with E-state index < -0.39 is 0 Å². The summed E-state index contributed by atoms with van der Waals surface area (Å²) in [6.45, 7) is 25.6. The Balaban J connectivity index is 0.000000338. The van der Waals surface area contributed by atoms with Gasteiger partial charge in [0.2, 0.25) is 0 Å². The van der Waals surface area contributed by atoms with Gasteiger partial charge in [-0.05, 0) is 102 Å². The van der Waals surface area contributed by atoms with E-state index >= 15 is 0 Å². The summed E-state index contributed by atoms with van der Waals surface area (Å²) in [6, 6.07) is 25.8. The maximum Gasteiger partial charge on any atom is 0.118 e. The van der Waals surface area contributed by atoms with Crippen LogP contribution in [0.15, 0.2) is 97.6 Å². The van der Waals surface area contributed by atoms with Crippen LogP contribution in [-0.4, -0.2) is 27.0 Å². The maximum absolute atomic E-state index is 8.48. The first-order valence-corrected chi connectivity index (χ1v) is 18.8. The number of rotatable bonds is 5. The summed E-state index contributed by atoms with van der Waals surface area (Å²) in [7, 11) is 1.69.